The van der Waals surface area contributed by atoms with Gasteiger partial charge in [-0.05, 0) is 43.3 Å². The second-order valence-electron chi connectivity index (χ2n) is 3.49. The van der Waals surface area contributed by atoms with Gasteiger partial charge in [-0.2, -0.15) is 0 Å². The Morgan fingerprint density at radius 3 is 3.00 bits per heavy atom. The van der Waals surface area contributed by atoms with E-state index in [4.69, 9.17) is 0 Å². The summed E-state index contributed by atoms with van der Waals surface area (Å²) in [5.74, 6) is 0. The lowest BCUT2D eigenvalue weighted by atomic mass is 10.00. The number of rotatable bonds is 1. The third kappa shape index (κ3) is 1.70. The molecule has 1 aromatic heterocycles. The Morgan fingerprint density at radius 1 is 1.50 bits per heavy atom. The van der Waals surface area contributed by atoms with Crippen LogP contribution in [0.25, 0.3) is 0 Å². The summed E-state index contributed by atoms with van der Waals surface area (Å²) in [6.07, 6.45) is 4.04. The van der Waals surface area contributed by atoms with Gasteiger partial charge in [-0.3, -0.25) is 0 Å². The van der Waals surface area contributed by atoms with Crippen molar-refractivity contribution in [2.24, 2.45) is 0 Å². The Bertz CT molecular complexity index is 248. The summed E-state index contributed by atoms with van der Waals surface area (Å²) < 4.78 is 0. The van der Waals surface area contributed by atoms with Crippen molar-refractivity contribution < 1.29 is 0 Å². The molecule has 66 valence electrons. The first kappa shape index (κ1) is 8.27. The predicted octanol–water partition coefficient (Wildman–Crippen LogP) is 2.87. The Morgan fingerprint density at radius 2 is 2.42 bits per heavy atom. The van der Waals surface area contributed by atoms with E-state index in [1.165, 1.54) is 36.2 Å². The summed E-state index contributed by atoms with van der Waals surface area (Å²) in [7, 11) is 0. The predicted molar refractivity (Wildman–Crippen MR) is 53.7 cm³/mol. The van der Waals surface area contributed by atoms with E-state index in [0.29, 0.717) is 6.04 Å². The van der Waals surface area contributed by atoms with Gasteiger partial charge >= 0.3 is 0 Å². The maximum Gasteiger partial charge on any atom is 0.0328 e. The number of aryl methyl sites for hydroxylation is 1. The standard InChI is InChI=1S/C10H15NS/c1-8-6-9(7-12-8)10-4-2-3-5-11-10/h6-7,10-11H,2-5H2,1H3/t10-/m0/s1. The molecule has 0 radical (unpaired) electrons. The topological polar surface area (TPSA) is 12.0 Å². The fourth-order valence-electron chi connectivity index (χ4n) is 1.78. The van der Waals surface area contributed by atoms with Crippen LogP contribution in [-0.4, -0.2) is 6.54 Å². The van der Waals surface area contributed by atoms with Gasteiger partial charge < -0.3 is 5.32 Å². The number of thiophene rings is 1. The zero-order valence-corrected chi connectivity index (χ0v) is 8.29. The molecule has 1 aliphatic heterocycles. The molecule has 1 fully saturated rings. The summed E-state index contributed by atoms with van der Waals surface area (Å²) in [6, 6.07) is 2.96. The van der Waals surface area contributed by atoms with E-state index in [-0.39, 0.29) is 0 Å². The summed E-state index contributed by atoms with van der Waals surface area (Å²) in [6.45, 7) is 3.37. The summed E-state index contributed by atoms with van der Waals surface area (Å²) in [4.78, 5) is 1.43. The van der Waals surface area contributed by atoms with Gasteiger partial charge in [-0.25, -0.2) is 0 Å². The lowest BCUT2D eigenvalue weighted by Crippen LogP contribution is -2.26. The molecule has 1 saturated heterocycles. The first-order chi connectivity index (χ1) is 5.86. The van der Waals surface area contributed by atoms with Crippen LogP contribution in [-0.2, 0) is 0 Å². The smallest absolute Gasteiger partial charge is 0.0328 e. The largest absolute Gasteiger partial charge is 0.310 e. The molecule has 2 heterocycles. The fraction of sp³-hybridized carbons (Fsp3) is 0.600. The molecular weight excluding hydrogens is 166 g/mol. The van der Waals surface area contributed by atoms with E-state index in [1.807, 2.05) is 11.3 Å². The Hall–Kier alpha value is -0.340. The molecule has 1 N–H and O–H groups in total. The van der Waals surface area contributed by atoms with Crippen molar-refractivity contribution in [3.8, 4) is 0 Å². The Kier molecular flexibility index (Phi) is 2.47. The van der Waals surface area contributed by atoms with Gasteiger partial charge in [-0.15, -0.1) is 11.3 Å². The number of hydrogen-bond acceptors (Lipinski definition) is 2. The minimum absolute atomic E-state index is 0.642. The molecule has 0 amide bonds. The first-order valence-corrected chi connectivity index (χ1v) is 5.52. The quantitative estimate of drug-likeness (QED) is 0.702. The minimum atomic E-state index is 0.642. The van der Waals surface area contributed by atoms with Crippen molar-refractivity contribution in [3.05, 3.63) is 21.9 Å². The molecule has 1 aliphatic rings. The highest BCUT2D eigenvalue weighted by Gasteiger charge is 2.14. The third-order valence-electron chi connectivity index (χ3n) is 2.46. The highest BCUT2D eigenvalue weighted by atomic mass is 32.1. The first-order valence-electron chi connectivity index (χ1n) is 4.65. The van der Waals surface area contributed by atoms with Crippen LogP contribution >= 0.6 is 11.3 Å². The minimum Gasteiger partial charge on any atom is -0.310 e. The van der Waals surface area contributed by atoms with Crippen LogP contribution in [0.1, 0.15) is 35.7 Å². The summed E-state index contributed by atoms with van der Waals surface area (Å²) in [5.41, 5.74) is 1.50. The van der Waals surface area contributed by atoms with Gasteiger partial charge in [0.25, 0.3) is 0 Å². The SMILES string of the molecule is Cc1cc([C@@H]2CCCCN2)cs1. The second kappa shape index (κ2) is 3.58. The molecule has 12 heavy (non-hydrogen) atoms. The molecular formula is C10H15NS. The van der Waals surface area contributed by atoms with Crippen LogP contribution in [0.2, 0.25) is 0 Å². The van der Waals surface area contributed by atoms with Gasteiger partial charge in [0.1, 0.15) is 0 Å². The van der Waals surface area contributed by atoms with Gasteiger partial charge in [-0.1, -0.05) is 6.42 Å². The number of piperidine rings is 1. The van der Waals surface area contributed by atoms with Crippen LogP contribution < -0.4 is 5.32 Å². The zero-order valence-electron chi connectivity index (χ0n) is 7.47. The highest BCUT2D eigenvalue weighted by molar-refractivity contribution is 7.10. The van der Waals surface area contributed by atoms with E-state index in [2.05, 4.69) is 23.7 Å². The molecule has 0 saturated carbocycles. The number of hydrogen-bond donors (Lipinski definition) is 1. The van der Waals surface area contributed by atoms with Crippen molar-refractivity contribution in [2.45, 2.75) is 32.2 Å². The van der Waals surface area contributed by atoms with Gasteiger partial charge in [0.15, 0.2) is 0 Å². The average molecular weight is 181 g/mol. The van der Waals surface area contributed by atoms with E-state index >= 15 is 0 Å². The second-order valence-corrected chi connectivity index (χ2v) is 4.61. The third-order valence-corrected chi connectivity index (χ3v) is 3.34. The van der Waals surface area contributed by atoms with Crippen molar-refractivity contribution in [3.63, 3.8) is 0 Å². The zero-order chi connectivity index (χ0) is 8.39. The number of nitrogens with one attached hydrogen (secondary N) is 1. The van der Waals surface area contributed by atoms with E-state index in [0.717, 1.165) is 0 Å². The van der Waals surface area contributed by atoms with Crippen LogP contribution in [0.5, 0.6) is 0 Å². The van der Waals surface area contributed by atoms with Gasteiger partial charge in [0, 0.05) is 10.9 Å². The monoisotopic (exact) mass is 181 g/mol. The van der Waals surface area contributed by atoms with Crippen LogP contribution in [0.15, 0.2) is 11.4 Å². The van der Waals surface area contributed by atoms with E-state index < -0.39 is 0 Å². The van der Waals surface area contributed by atoms with Crippen molar-refractivity contribution in [2.75, 3.05) is 6.54 Å². The Balaban J connectivity index is 2.08. The molecule has 0 spiro atoms. The van der Waals surface area contributed by atoms with Crippen molar-refractivity contribution >= 4 is 11.3 Å². The molecule has 1 atom stereocenters. The fourth-order valence-corrected chi connectivity index (χ4v) is 2.54. The van der Waals surface area contributed by atoms with Gasteiger partial charge in [0.05, 0.1) is 0 Å². The van der Waals surface area contributed by atoms with E-state index in [9.17, 15) is 0 Å². The van der Waals surface area contributed by atoms with Crippen molar-refractivity contribution in [1.29, 1.82) is 0 Å². The lowest BCUT2D eigenvalue weighted by Gasteiger charge is -2.22. The molecule has 0 aromatic carbocycles. The van der Waals surface area contributed by atoms with Crippen LogP contribution in [0.3, 0.4) is 0 Å². The normalized spacial score (nSPS) is 24.2. The average Bonchev–Trinajstić information content (AvgIpc) is 2.54. The summed E-state index contributed by atoms with van der Waals surface area (Å²) in [5, 5.41) is 5.85. The molecule has 0 bridgehead atoms. The maximum atomic E-state index is 3.56. The molecule has 0 aliphatic carbocycles. The van der Waals surface area contributed by atoms with Crippen molar-refractivity contribution in [1.82, 2.24) is 5.32 Å². The van der Waals surface area contributed by atoms with Gasteiger partial charge in [0.2, 0.25) is 0 Å². The van der Waals surface area contributed by atoms with Crippen LogP contribution in [0.4, 0.5) is 0 Å². The maximum absolute atomic E-state index is 3.56. The summed E-state index contributed by atoms with van der Waals surface area (Å²) >= 11 is 1.86. The molecule has 2 heteroatoms. The van der Waals surface area contributed by atoms with E-state index in [1.54, 1.807) is 0 Å². The van der Waals surface area contributed by atoms with Crippen LogP contribution in [0, 0.1) is 6.92 Å². The highest BCUT2D eigenvalue weighted by Crippen LogP contribution is 2.26. The molecule has 1 nitrogen and oxygen atoms in total. The Labute approximate surface area is 77.8 Å². The molecule has 1 aromatic rings. The molecule has 0 unspecified atom stereocenters. The lowest BCUT2D eigenvalue weighted by molar-refractivity contribution is 0.413. The molecule has 2 rings (SSSR count).